The number of nitrogens with zero attached hydrogens (tertiary/aromatic N) is 3. The van der Waals surface area contributed by atoms with Crippen molar-refractivity contribution in [1.82, 2.24) is 25.3 Å². The van der Waals surface area contributed by atoms with E-state index in [1.54, 1.807) is 10.9 Å². The summed E-state index contributed by atoms with van der Waals surface area (Å²) < 4.78 is 1.72. The van der Waals surface area contributed by atoms with Crippen LogP contribution in [-0.2, 0) is 4.79 Å². The van der Waals surface area contributed by atoms with Gasteiger partial charge in [-0.1, -0.05) is 43.2 Å². The first-order valence-corrected chi connectivity index (χ1v) is 12.5. The lowest BCUT2D eigenvalue weighted by Gasteiger charge is -2.20. The number of aryl methyl sites for hydroxylation is 2. The Morgan fingerprint density at radius 1 is 1.06 bits per heavy atom. The number of benzene rings is 2. The van der Waals surface area contributed by atoms with E-state index < -0.39 is 5.54 Å². The van der Waals surface area contributed by atoms with E-state index in [-0.39, 0.29) is 24.4 Å². The number of hydrogen-bond acceptors (Lipinski definition) is 4. The van der Waals surface area contributed by atoms with Crippen LogP contribution in [0.25, 0.3) is 16.9 Å². The van der Waals surface area contributed by atoms with Crippen LogP contribution in [0, 0.1) is 13.8 Å². The van der Waals surface area contributed by atoms with E-state index in [4.69, 9.17) is 5.10 Å². The fourth-order valence-corrected chi connectivity index (χ4v) is 5.09. The molecule has 186 valence electrons. The second-order valence-electron chi connectivity index (χ2n) is 9.76. The van der Waals surface area contributed by atoms with Gasteiger partial charge in [0.25, 0.3) is 11.8 Å². The summed E-state index contributed by atoms with van der Waals surface area (Å²) in [5, 5.41) is 10.6. The van der Waals surface area contributed by atoms with E-state index in [1.165, 1.54) is 10.5 Å². The Kier molecular flexibility index (Phi) is 6.35. The SMILES string of the molecule is Cc1ccc(-c2nn(-c3ccccc3)cc2C(=O)NCCCN2C(=O)NC3(CCCC3)C2=O)cc1C. The normalized spacial score (nSPS) is 16.6. The number of carbonyl (C=O) groups excluding carboxylic acids is 3. The van der Waals surface area contributed by atoms with Gasteiger partial charge in [0.1, 0.15) is 11.2 Å². The molecule has 0 radical (unpaired) electrons. The number of hydrogen-bond donors (Lipinski definition) is 2. The van der Waals surface area contributed by atoms with Gasteiger partial charge in [0.05, 0.1) is 11.3 Å². The van der Waals surface area contributed by atoms with E-state index in [0.717, 1.165) is 29.7 Å². The Labute approximate surface area is 210 Å². The maximum Gasteiger partial charge on any atom is 0.325 e. The summed E-state index contributed by atoms with van der Waals surface area (Å²) in [5.41, 5.74) is 4.42. The molecule has 36 heavy (non-hydrogen) atoms. The summed E-state index contributed by atoms with van der Waals surface area (Å²) in [4.78, 5) is 39.7. The molecule has 2 N–H and O–H groups in total. The smallest absolute Gasteiger partial charge is 0.325 e. The van der Waals surface area contributed by atoms with Crippen molar-refractivity contribution in [1.29, 1.82) is 0 Å². The zero-order valence-corrected chi connectivity index (χ0v) is 20.7. The highest BCUT2D eigenvalue weighted by Crippen LogP contribution is 2.35. The molecule has 2 fully saturated rings. The third-order valence-electron chi connectivity index (χ3n) is 7.31. The van der Waals surface area contributed by atoms with E-state index >= 15 is 0 Å². The zero-order chi connectivity index (χ0) is 25.3. The van der Waals surface area contributed by atoms with Gasteiger partial charge >= 0.3 is 6.03 Å². The molecule has 1 aliphatic heterocycles. The maximum atomic E-state index is 13.2. The third-order valence-corrected chi connectivity index (χ3v) is 7.31. The summed E-state index contributed by atoms with van der Waals surface area (Å²) in [7, 11) is 0. The molecule has 0 unspecified atom stereocenters. The predicted octanol–water partition coefficient (Wildman–Crippen LogP) is 4.14. The first-order chi connectivity index (χ1) is 17.4. The molecule has 1 saturated carbocycles. The molecule has 2 aliphatic rings. The summed E-state index contributed by atoms with van der Waals surface area (Å²) in [6.07, 6.45) is 5.54. The van der Waals surface area contributed by atoms with Crippen molar-refractivity contribution in [3.05, 3.63) is 71.4 Å². The Morgan fingerprint density at radius 3 is 2.53 bits per heavy atom. The van der Waals surface area contributed by atoms with E-state index in [0.29, 0.717) is 37.1 Å². The second kappa shape index (κ2) is 9.60. The Bertz CT molecular complexity index is 1310. The number of carbonyl (C=O) groups is 3. The minimum absolute atomic E-state index is 0.127. The molecule has 1 aliphatic carbocycles. The van der Waals surface area contributed by atoms with Gasteiger partial charge in [-0.2, -0.15) is 5.10 Å². The molecular formula is C28H31N5O3. The molecule has 8 nitrogen and oxygen atoms in total. The lowest BCUT2D eigenvalue weighted by Crippen LogP contribution is -2.44. The number of para-hydroxylation sites is 1. The molecule has 2 aromatic carbocycles. The molecule has 1 spiro atoms. The van der Waals surface area contributed by atoms with Crippen LogP contribution >= 0.6 is 0 Å². The average Bonchev–Trinajstić information content (AvgIpc) is 3.59. The number of imide groups is 1. The minimum Gasteiger partial charge on any atom is -0.352 e. The van der Waals surface area contributed by atoms with E-state index in [9.17, 15) is 14.4 Å². The van der Waals surface area contributed by atoms with Crippen molar-refractivity contribution >= 4 is 17.8 Å². The Hall–Kier alpha value is -3.94. The van der Waals surface area contributed by atoms with Gasteiger partial charge in [0.2, 0.25) is 0 Å². The van der Waals surface area contributed by atoms with Crippen LogP contribution in [0.2, 0.25) is 0 Å². The lowest BCUT2D eigenvalue weighted by atomic mass is 9.98. The first-order valence-electron chi connectivity index (χ1n) is 12.5. The van der Waals surface area contributed by atoms with Crippen LogP contribution in [0.3, 0.4) is 0 Å². The van der Waals surface area contributed by atoms with Crippen LogP contribution in [-0.4, -0.2) is 51.2 Å². The predicted molar refractivity (Wildman–Crippen MR) is 137 cm³/mol. The first kappa shape index (κ1) is 23.8. The highest BCUT2D eigenvalue weighted by molar-refractivity contribution is 6.07. The summed E-state index contributed by atoms with van der Waals surface area (Å²) >= 11 is 0. The van der Waals surface area contributed by atoms with Gasteiger partial charge in [-0.05, 0) is 62.4 Å². The van der Waals surface area contributed by atoms with Gasteiger partial charge in [0.15, 0.2) is 0 Å². The molecule has 3 aromatic rings. The van der Waals surface area contributed by atoms with Crippen LogP contribution < -0.4 is 10.6 Å². The number of aromatic nitrogens is 2. The summed E-state index contributed by atoms with van der Waals surface area (Å²) in [5.74, 6) is -0.368. The van der Waals surface area contributed by atoms with Crippen LogP contribution in [0.15, 0.2) is 54.7 Å². The van der Waals surface area contributed by atoms with Gasteiger partial charge in [-0.25, -0.2) is 9.48 Å². The second-order valence-corrected chi connectivity index (χ2v) is 9.76. The standard InChI is InChI=1S/C28H31N5O3/c1-19-11-12-21(17-20(19)2)24-23(18-33(31-24)22-9-4-3-5-10-22)25(34)29-15-8-16-32-26(35)28(30-27(32)36)13-6-7-14-28/h3-5,9-12,17-18H,6-8,13-16H2,1-2H3,(H,29,34)(H,30,36). The largest absolute Gasteiger partial charge is 0.352 e. The van der Waals surface area contributed by atoms with Gasteiger partial charge in [-0.3, -0.25) is 14.5 Å². The highest BCUT2D eigenvalue weighted by atomic mass is 16.2. The maximum absolute atomic E-state index is 13.2. The molecule has 4 amide bonds. The number of amides is 4. The molecule has 8 heteroatoms. The monoisotopic (exact) mass is 485 g/mol. The van der Waals surface area contributed by atoms with Gasteiger partial charge in [-0.15, -0.1) is 0 Å². The number of urea groups is 1. The van der Waals surface area contributed by atoms with Crippen molar-refractivity contribution in [2.24, 2.45) is 0 Å². The summed E-state index contributed by atoms with van der Waals surface area (Å²) in [6, 6.07) is 15.4. The topological polar surface area (TPSA) is 96.3 Å². The van der Waals surface area contributed by atoms with E-state index in [2.05, 4.69) is 17.6 Å². The number of nitrogens with one attached hydrogen (secondary N) is 2. The van der Waals surface area contributed by atoms with Crippen LogP contribution in [0.4, 0.5) is 4.79 Å². The zero-order valence-electron chi connectivity index (χ0n) is 20.7. The molecule has 1 aromatic heterocycles. The Balaban J connectivity index is 1.29. The minimum atomic E-state index is -0.701. The fraction of sp³-hybridized carbons (Fsp3) is 0.357. The van der Waals surface area contributed by atoms with Gasteiger partial charge < -0.3 is 10.6 Å². The quantitative estimate of drug-likeness (QED) is 0.388. The van der Waals surface area contributed by atoms with Crippen LogP contribution in [0.1, 0.15) is 53.6 Å². The van der Waals surface area contributed by atoms with Crippen molar-refractivity contribution in [3.8, 4) is 16.9 Å². The highest BCUT2D eigenvalue weighted by Gasteiger charge is 2.52. The van der Waals surface area contributed by atoms with Crippen molar-refractivity contribution in [2.45, 2.75) is 51.5 Å². The molecule has 2 heterocycles. The Morgan fingerprint density at radius 2 is 1.81 bits per heavy atom. The van der Waals surface area contributed by atoms with Crippen LogP contribution in [0.5, 0.6) is 0 Å². The van der Waals surface area contributed by atoms with E-state index in [1.807, 2.05) is 55.5 Å². The molecular weight excluding hydrogens is 454 g/mol. The fourth-order valence-electron chi connectivity index (χ4n) is 5.09. The molecule has 0 atom stereocenters. The van der Waals surface area contributed by atoms with Crippen molar-refractivity contribution in [3.63, 3.8) is 0 Å². The number of rotatable bonds is 7. The van der Waals surface area contributed by atoms with Gasteiger partial charge in [0, 0.05) is 24.8 Å². The third kappa shape index (κ3) is 4.39. The molecule has 5 rings (SSSR count). The van der Waals surface area contributed by atoms with Crippen molar-refractivity contribution in [2.75, 3.05) is 13.1 Å². The summed E-state index contributed by atoms with van der Waals surface area (Å²) in [6.45, 7) is 4.71. The molecule has 0 bridgehead atoms. The average molecular weight is 486 g/mol. The van der Waals surface area contributed by atoms with Crippen molar-refractivity contribution < 1.29 is 14.4 Å². The lowest BCUT2D eigenvalue weighted by molar-refractivity contribution is -0.131. The molecule has 1 saturated heterocycles.